The fraction of sp³-hybridized carbons (Fsp3) is 0.400. The Morgan fingerprint density at radius 1 is 0.812 bits per heavy atom. The number of carbonyl (C=O) groups excluding carboxylic acids is 1. The van der Waals surface area contributed by atoms with E-state index in [4.69, 9.17) is 0 Å². The van der Waals surface area contributed by atoms with Crippen LogP contribution in [0, 0.1) is 0 Å². The first-order chi connectivity index (χ1) is 7.52. The lowest BCUT2D eigenvalue weighted by atomic mass is 10.2. The van der Waals surface area contributed by atoms with Gasteiger partial charge in [0.05, 0.1) is 0 Å². The Kier molecular flexibility index (Phi) is 8.14. The van der Waals surface area contributed by atoms with Crippen LogP contribution in [0.25, 0.3) is 0 Å². The quantitative estimate of drug-likeness (QED) is 0.477. The van der Waals surface area contributed by atoms with Crippen molar-refractivity contribution in [3.05, 3.63) is 47.6 Å². The molecule has 88 valence electrons. The van der Waals surface area contributed by atoms with Crippen molar-refractivity contribution in [3.8, 4) is 0 Å². The van der Waals surface area contributed by atoms with Crippen LogP contribution in [-0.4, -0.2) is 5.78 Å². The third-order valence-corrected chi connectivity index (χ3v) is 1.89. The Labute approximate surface area is 99.3 Å². The summed E-state index contributed by atoms with van der Waals surface area (Å²) in [4.78, 5) is 11.3. The normalized spacial score (nSPS) is 10.8. The van der Waals surface area contributed by atoms with E-state index >= 15 is 0 Å². The van der Waals surface area contributed by atoms with E-state index in [1.165, 1.54) is 11.1 Å². The van der Waals surface area contributed by atoms with Gasteiger partial charge in [-0.3, -0.25) is 4.79 Å². The highest BCUT2D eigenvalue weighted by Crippen LogP contribution is 1.96. The fourth-order valence-corrected chi connectivity index (χ4v) is 1.03. The zero-order valence-corrected chi connectivity index (χ0v) is 10.8. The van der Waals surface area contributed by atoms with E-state index in [-0.39, 0.29) is 5.78 Å². The molecule has 0 aliphatic carbocycles. The van der Waals surface area contributed by atoms with Crippen molar-refractivity contribution >= 4 is 5.78 Å². The van der Waals surface area contributed by atoms with Gasteiger partial charge in [-0.05, 0) is 52.7 Å². The van der Waals surface area contributed by atoms with Crippen molar-refractivity contribution in [2.45, 2.75) is 40.5 Å². The van der Waals surface area contributed by atoms with Gasteiger partial charge in [0.1, 0.15) is 0 Å². The molecule has 0 heterocycles. The van der Waals surface area contributed by atoms with Crippen LogP contribution >= 0.6 is 0 Å². The first-order valence-electron chi connectivity index (χ1n) is 5.66. The summed E-state index contributed by atoms with van der Waals surface area (Å²) >= 11 is 0. The van der Waals surface area contributed by atoms with Crippen molar-refractivity contribution in [3.63, 3.8) is 0 Å². The Bertz CT molecular complexity index is 287. The van der Waals surface area contributed by atoms with Gasteiger partial charge in [-0.25, -0.2) is 0 Å². The molecule has 1 nitrogen and oxygen atoms in total. The van der Waals surface area contributed by atoms with Crippen molar-refractivity contribution in [1.82, 2.24) is 0 Å². The van der Waals surface area contributed by atoms with E-state index in [0.717, 1.165) is 12.8 Å². The largest absolute Gasteiger partial charge is 0.290 e. The molecule has 0 saturated carbocycles. The lowest BCUT2D eigenvalue weighted by Gasteiger charge is -1.87. The third-order valence-electron chi connectivity index (χ3n) is 1.89. The molecule has 0 aromatic carbocycles. The van der Waals surface area contributed by atoms with Crippen molar-refractivity contribution in [2.75, 3.05) is 0 Å². The van der Waals surface area contributed by atoms with Crippen molar-refractivity contribution in [1.29, 1.82) is 0 Å². The SMILES string of the molecule is CC(C)=CCC=CC(=O)C=CCC=C(C)C. The average molecular weight is 218 g/mol. The maximum atomic E-state index is 11.3. The number of carbonyl (C=O) groups is 1. The van der Waals surface area contributed by atoms with Gasteiger partial charge in [-0.15, -0.1) is 0 Å². The number of allylic oxidation sites excluding steroid dienone is 8. The second-order valence-electron chi connectivity index (χ2n) is 4.24. The Morgan fingerprint density at radius 2 is 1.19 bits per heavy atom. The first-order valence-corrected chi connectivity index (χ1v) is 5.66. The zero-order valence-electron chi connectivity index (χ0n) is 10.8. The summed E-state index contributed by atoms with van der Waals surface area (Å²) < 4.78 is 0. The maximum Gasteiger partial charge on any atom is 0.178 e. The molecule has 0 aromatic heterocycles. The molecule has 0 bridgehead atoms. The summed E-state index contributed by atoms with van der Waals surface area (Å²) in [6.07, 6.45) is 12.9. The lowest BCUT2D eigenvalue weighted by molar-refractivity contribution is -0.110. The highest BCUT2D eigenvalue weighted by molar-refractivity contribution is 5.99. The zero-order chi connectivity index (χ0) is 12.4. The van der Waals surface area contributed by atoms with Gasteiger partial charge >= 0.3 is 0 Å². The van der Waals surface area contributed by atoms with E-state index in [1.54, 1.807) is 12.2 Å². The minimum Gasteiger partial charge on any atom is -0.290 e. The van der Waals surface area contributed by atoms with Gasteiger partial charge in [0, 0.05) is 0 Å². The highest BCUT2D eigenvalue weighted by atomic mass is 16.1. The first kappa shape index (κ1) is 14.6. The molecule has 0 fully saturated rings. The van der Waals surface area contributed by atoms with E-state index in [1.807, 2.05) is 12.2 Å². The molecule has 1 heteroatoms. The second kappa shape index (κ2) is 8.90. The van der Waals surface area contributed by atoms with Crippen LogP contribution in [0.15, 0.2) is 47.6 Å². The van der Waals surface area contributed by atoms with E-state index in [0.29, 0.717) is 0 Å². The third kappa shape index (κ3) is 10.7. The minimum atomic E-state index is 0.0595. The van der Waals surface area contributed by atoms with Gasteiger partial charge in [0.25, 0.3) is 0 Å². The number of ketones is 1. The number of hydrogen-bond donors (Lipinski definition) is 0. The Morgan fingerprint density at radius 3 is 1.50 bits per heavy atom. The molecule has 0 aliphatic rings. The molecular formula is C15H22O. The van der Waals surface area contributed by atoms with Gasteiger partial charge in [0.2, 0.25) is 0 Å². The molecule has 0 unspecified atom stereocenters. The van der Waals surface area contributed by atoms with Crippen LogP contribution in [-0.2, 0) is 4.79 Å². The van der Waals surface area contributed by atoms with Gasteiger partial charge < -0.3 is 0 Å². The van der Waals surface area contributed by atoms with Crippen LogP contribution in [0.1, 0.15) is 40.5 Å². The predicted octanol–water partition coefficient (Wildman–Crippen LogP) is 4.38. The molecule has 0 rings (SSSR count). The summed E-state index contributed by atoms with van der Waals surface area (Å²) in [5.41, 5.74) is 2.55. The minimum absolute atomic E-state index is 0.0595. The molecule has 0 N–H and O–H groups in total. The summed E-state index contributed by atoms with van der Waals surface area (Å²) in [6.45, 7) is 8.20. The number of rotatable bonds is 6. The molecule has 0 spiro atoms. The lowest BCUT2D eigenvalue weighted by Crippen LogP contribution is -1.84. The summed E-state index contributed by atoms with van der Waals surface area (Å²) in [7, 11) is 0. The molecule has 16 heavy (non-hydrogen) atoms. The second-order valence-corrected chi connectivity index (χ2v) is 4.24. The van der Waals surface area contributed by atoms with Crippen molar-refractivity contribution < 1.29 is 4.79 Å². The average Bonchev–Trinajstić information content (AvgIpc) is 2.19. The molecule has 0 aliphatic heterocycles. The molecule has 0 amide bonds. The van der Waals surface area contributed by atoms with Crippen LogP contribution in [0.4, 0.5) is 0 Å². The predicted molar refractivity (Wildman–Crippen MR) is 71.4 cm³/mol. The van der Waals surface area contributed by atoms with E-state index in [2.05, 4.69) is 39.8 Å². The smallest absolute Gasteiger partial charge is 0.178 e. The number of hydrogen-bond acceptors (Lipinski definition) is 1. The topological polar surface area (TPSA) is 17.1 Å². The summed E-state index contributed by atoms with van der Waals surface area (Å²) in [6, 6.07) is 0. The Balaban J connectivity index is 3.90. The van der Waals surface area contributed by atoms with Gasteiger partial charge in [-0.2, -0.15) is 0 Å². The fourth-order valence-electron chi connectivity index (χ4n) is 1.03. The molecular weight excluding hydrogens is 196 g/mol. The molecule has 0 radical (unpaired) electrons. The molecule has 0 atom stereocenters. The van der Waals surface area contributed by atoms with Crippen LogP contribution in [0.2, 0.25) is 0 Å². The summed E-state index contributed by atoms with van der Waals surface area (Å²) in [5.74, 6) is 0.0595. The summed E-state index contributed by atoms with van der Waals surface area (Å²) in [5, 5.41) is 0. The van der Waals surface area contributed by atoms with Crippen LogP contribution in [0.3, 0.4) is 0 Å². The maximum absolute atomic E-state index is 11.3. The highest BCUT2D eigenvalue weighted by Gasteiger charge is 1.86. The van der Waals surface area contributed by atoms with Gasteiger partial charge in [0.15, 0.2) is 5.78 Å². The van der Waals surface area contributed by atoms with Crippen LogP contribution in [0.5, 0.6) is 0 Å². The van der Waals surface area contributed by atoms with E-state index in [9.17, 15) is 4.79 Å². The Hall–Kier alpha value is -1.37. The van der Waals surface area contributed by atoms with E-state index < -0.39 is 0 Å². The van der Waals surface area contributed by atoms with Crippen LogP contribution < -0.4 is 0 Å². The molecule has 0 aromatic rings. The molecule has 0 saturated heterocycles. The standard InChI is InChI=1S/C15H22O/c1-13(2)9-5-7-11-15(16)12-8-6-10-14(3)4/h7-12H,5-6H2,1-4H3. The van der Waals surface area contributed by atoms with Gasteiger partial charge in [-0.1, -0.05) is 35.5 Å². The monoisotopic (exact) mass is 218 g/mol. The van der Waals surface area contributed by atoms with Crippen molar-refractivity contribution in [2.24, 2.45) is 0 Å².